The van der Waals surface area contributed by atoms with E-state index in [1.807, 2.05) is 13.8 Å². The summed E-state index contributed by atoms with van der Waals surface area (Å²) in [5.74, 6) is -2.65. The second kappa shape index (κ2) is 9.40. The molecule has 0 unspecified atom stereocenters. The Hall–Kier alpha value is -2.10. The van der Waals surface area contributed by atoms with E-state index in [-0.39, 0.29) is 24.5 Å². The SMILES string of the molecule is CC(C)C[C@H](NC(=O)[C@@H](CS)NC(=O)CN1C(=O)CCC1=O)C(N)=O. The molecule has 1 aliphatic heterocycles. The van der Waals surface area contributed by atoms with E-state index in [1.165, 1.54) is 0 Å². The maximum Gasteiger partial charge on any atom is 0.244 e. The van der Waals surface area contributed by atoms with Crippen LogP contribution in [0.4, 0.5) is 0 Å². The van der Waals surface area contributed by atoms with Crippen LogP contribution >= 0.6 is 12.6 Å². The van der Waals surface area contributed by atoms with Gasteiger partial charge in [0.25, 0.3) is 0 Å². The van der Waals surface area contributed by atoms with Gasteiger partial charge in [0.15, 0.2) is 0 Å². The minimum absolute atomic E-state index is 0.0212. The largest absolute Gasteiger partial charge is 0.368 e. The topological polar surface area (TPSA) is 139 Å². The molecule has 0 bridgehead atoms. The number of carbonyl (C=O) groups is 5. The van der Waals surface area contributed by atoms with Crippen LogP contribution in [0.3, 0.4) is 0 Å². The Morgan fingerprint density at radius 3 is 2.12 bits per heavy atom. The average molecular weight is 372 g/mol. The van der Waals surface area contributed by atoms with Crippen molar-refractivity contribution >= 4 is 42.2 Å². The second-order valence-corrected chi connectivity index (χ2v) is 6.63. The predicted octanol–water partition coefficient (Wildman–Crippen LogP) is -1.43. The fourth-order valence-electron chi connectivity index (χ4n) is 2.37. The lowest BCUT2D eigenvalue weighted by molar-refractivity contribution is -0.142. The zero-order valence-electron chi connectivity index (χ0n) is 14.3. The van der Waals surface area contributed by atoms with Gasteiger partial charge < -0.3 is 16.4 Å². The molecule has 10 heteroatoms. The molecule has 0 aliphatic carbocycles. The number of likely N-dealkylation sites (tertiary alicyclic amines) is 1. The molecule has 1 saturated heterocycles. The minimum Gasteiger partial charge on any atom is -0.368 e. The molecule has 5 amide bonds. The van der Waals surface area contributed by atoms with Gasteiger partial charge in [-0.05, 0) is 12.3 Å². The van der Waals surface area contributed by atoms with E-state index in [9.17, 15) is 24.0 Å². The standard InChI is InChI=1S/C15H24N4O5S/c1-8(2)5-9(14(16)23)18-15(24)10(7-25)17-11(20)6-19-12(21)3-4-13(19)22/h8-10,25H,3-7H2,1-2H3,(H2,16,23)(H,17,20)(H,18,24)/t9-,10+/m0/s1. The zero-order chi connectivity index (χ0) is 19.1. The number of primary amides is 1. The number of imide groups is 1. The summed E-state index contributed by atoms with van der Waals surface area (Å²) in [6.45, 7) is 3.31. The molecule has 4 N–H and O–H groups in total. The van der Waals surface area contributed by atoms with Crippen LogP contribution in [0, 0.1) is 5.92 Å². The molecular formula is C15H24N4O5S. The van der Waals surface area contributed by atoms with Gasteiger partial charge in [0, 0.05) is 18.6 Å². The van der Waals surface area contributed by atoms with Crippen molar-refractivity contribution in [2.45, 2.75) is 45.2 Å². The van der Waals surface area contributed by atoms with Crippen LogP contribution in [0.5, 0.6) is 0 Å². The third kappa shape index (κ3) is 6.37. The van der Waals surface area contributed by atoms with Crippen molar-refractivity contribution in [1.29, 1.82) is 0 Å². The highest BCUT2D eigenvalue weighted by atomic mass is 32.1. The number of carbonyl (C=O) groups excluding carboxylic acids is 5. The van der Waals surface area contributed by atoms with Gasteiger partial charge in [-0.15, -0.1) is 0 Å². The van der Waals surface area contributed by atoms with Crippen LogP contribution < -0.4 is 16.4 Å². The molecule has 9 nitrogen and oxygen atoms in total. The summed E-state index contributed by atoms with van der Waals surface area (Å²) < 4.78 is 0. The number of nitrogens with zero attached hydrogens (tertiary/aromatic N) is 1. The van der Waals surface area contributed by atoms with Gasteiger partial charge in [-0.1, -0.05) is 13.8 Å². The van der Waals surface area contributed by atoms with Gasteiger partial charge in [-0.3, -0.25) is 28.9 Å². The molecule has 2 atom stereocenters. The summed E-state index contributed by atoms with van der Waals surface area (Å²) in [7, 11) is 0. The van der Waals surface area contributed by atoms with E-state index in [4.69, 9.17) is 5.73 Å². The number of hydrogen-bond donors (Lipinski definition) is 4. The number of amides is 5. The number of thiol groups is 1. The van der Waals surface area contributed by atoms with Crippen LogP contribution in [0.1, 0.15) is 33.1 Å². The maximum atomic E-state index is 12.2. The van der Waals surface area contributed by atoms with Gasteiger partial charge >= 0.3 is 0 Å². The number of nitrogens with two attached hydrogens (primary N) is 1. The zero-order valence-corrected chi connectivity index (χ0v) is 15.2. The Bertz CT molecular complexity index is 550. The Balaban J connectivity index is 2.63. The molecule has 0 aromatic rings. The molecular weight excluding hydrogens is 348 g/mol. The quantitative estimate of drug-likeness (QED) is 0.290. The lowest BCUT2D eigenvalue weighted by atomic mass is 10.0. The van der Waals surface area contributed by atoms with Crippen molar-refractivity contribution in [2.24, 2.45) is 11.7 Å². The highest BCUT2D eigenvalue weighted by Crippen LogP contribution is 2.11. The lowest BCUT2D eigenvalue weighted by Crippen LogP contribution is -2.55. The van der Waals surface area contributed by atoms with E-state index in [0.29, 0.717) is 6.42 Å². The van der Waals surface area contributed by atoms with E-state index < -0.39 is 48.2 Å². The van der Waals surface area contributed by atoms with Crippen LogP contribution in [0.15, 0.2) is 0 Å². The monoisotopic (exact) mass is 372 g/mol. The smallest absolute Gasteiger partial charge is 0.244 e. The first-order valence-corrected chi connectivity index (χ1v) is 8.62. The molecule has 0 saturated carbocycles. The lowest BCUT2D eigenvalue weighted by Gasteiger charge is -2.22. The Morgan fingerprint density at radius 2 is 1.68 bits per heavy atom. The van der Waals surface area contributed by atoms with Gasteiger partial charge in [-0.25, -0.2) is 0 Å². The van der Waals surface area contributed by atoms with Crippen molar-refractivity contribution in [1.82, 2.24) is 15.5 Å². The molecule has 1 rings (SSSR count). The first-order valence-electron chi connectivity index (χ1n) is 7.98. The molecule has 0 aromatic carbocycles. The van der Waals surface area contributed by atoms with Gasteiger partial charge in [0.1, 0.15) is 18.6 Å². The molecule has 0 aromatic heterocycles. The molecule has 1 heterocycles. The van der Waals surface area contributed by atoms with Gasteiger partial charge in [-0.2, -0.15) is 12.6 Å². The Morgan fingerprint density at radius 1 is 1.12 bits per heavy atom. The van der Waals surface area contributed by atoms with Crippen molar-refractivity contribution in [3.63, 3.8) is 0 Å². The van der Waals surface area contributed by atoms with Crippen LogP contribution in [-0.4, -0.2) is 58.8 Å². The normalized spacial score (nSPS) is 16.7. The Labute approximate surface area is 151 Å². The molecule has 0 radical (unpaired) electrons. The third-order valence-corrected chi connectivity index (χ3v) is 4.02. The van der Waals surface area contributed by atoms with E-state index in [1.54, 1.807) is 0 Å². The van der Waals surface area contributed by atoms with Crippen LogP contribution in [-0.2, 0) is 24.0 Å². The summed E-state index contributed by atoms with van der Waals surface area (Å²) in [5, 5.41) is 4.90. The maximum absolute atomic E-state index is 12.2. The first-order chi connectivity index (χ1) is 11.6. The minimum atomic E-state index is -1.02. The third-order valence-electron chi connectivity index (χ3n) is 3.66. The summed E-state index contributed by atoms with van der Waals surface area (Å²) >= 11 is 4.02. The number of rotatable bonds is 9. The summed E-state index contributed by atoms with van der Waals surface area (Å²) in [6, 6.07) is -1.87. The molecule has 1 fully saturated rings. The number of nitrogens with one attached hydrogen (secondary N) is 2. The highest BCUT2D eigenvalue weighted by molar-refractivity contribution is 7.80. The second-order valence-electron chi connectivity index (χ2n) is 6.27. The van der Waals surface area contributed by atoms with E-state index in [2.05, 4.69) is 23.3 Å². The molecule has 25 heavy (non-hydrogen) atoms. The highest BCUT2D eigenvalue weighted by Gasteiger charge is 2.32. The van der Waals surface area contributed by atoms with E-state index >= 15 is 0 Å². The van der Waals surface area contributed by atoms with Crippen molar-refractivity contribution in [3.8, 4) is 0 Å². The van der Waals surface area contributed by atoms with Gasteiger partial charge in [0.05, 0.1) is 0 Å². The molecule has 1 aliphatic rings. The van der Waals surface area contributed by atoms with Crippen molar-refractivity contribution in [3.05, 3.63) is 0 Å². The van der Waals surface area contributed by atoms with E-state index in [0.717, 1.165) is 4.90 Å². The summed E-state index contributed by atoms with van der Waals surface area (Å²) in [5.41, 5.74) is 5.27. The summed E-state index contributed by atoms with van der Waals surface area (Å²) in [4.78, 5) is 59.5. The van der Waals surface area contributed by atoms with Crippen molar-refractivity contribution < 1.29 is 24.0 Å². The fourth-order valence-corrected chi connectivity index (χ4v) is 2.62. The van der Waals surface area contributed by atoms with Crippen molar-refractivity contribution in [2.75, 3.05) is 12.3 Å². The Kier molecular flexibility index (Phi) is 7.88. The fraction of sp³-hybridized carbons (Fsp3) is 0.667. The molecule has 0 spiro atoms. The molecule has 140 valence electrons. The van der Waals surface area contributed by atoms with Crippen LogP contribution in [0.25, 0.3) is 0 Å². The number of hydrogen-bond acceptors (Lipinski definition) is 6. The van der Waals surface area contributed by atoms with Crippen LogP contribution in [0.2, 0.25) is 0 Å². The van der Waals surface area contributed by atoms with Gasteiger partial charge in [0.2, 0.25) is 29.5 Å². The first kappa shape index (κ1) is 20.9. The summed E-state index contributed by atoms with van der Waals surface area (Å²) in [6.07, 6.45) is 0.529. The average Bonchev–Trinajstić information content (AvgIpc) is 2.83. The predicted molar refractivity (Wildman–Crippen MR) is 92.3 cm³/mol.